The van der Waals surface area contributed by atoms with Crippen molar-refractivity contribution in [3.63, 3.8) is 0 Å². The van der Waals surface area contributed by atoms with Gasteiger partial charge >= 0.3 is 0 Å². The van der Waals surface area contributed by atoms with E-state index in [0.29, 0.717) is 0 Å². The summed E-state index contributed by atoms with van der Waals surface area (Å²) in [6, 6.07) is 0. The normalized spacial score (nSPS) is 21.3. The summed E-state index contributed by atoms with van der Waals surface area (Å²) in [7, 11) is 0. The highest BCUT2D eigenvalue weighted by molar-refractivity contribution is 5.37. The lowest BCUT2D eigenvalue weighted by molar-refractivity contribution is 0.895. The first-order valence-electron chi connectivity index (χ1n) is 4.46. The fourth-order valence-corrected chi connectivity index (χ4v) is 1.57. The van der Waals surface area contributed by atoms with Crippen LogP contribution in [0.2, 0.25) is 0 Å². The summed E-state index contributed by atoms with van der Waals surface area (Å²) in [6.07, 6.45) is 16.3. The predicted molar refractivity (Wildman–Crippen MR) is 51.4 cm³/mol. The monoisotopic (exact) mass is 159 g/mol. The Morgan fingerprint density at radius 3 is 3.00 bits per heavy atom. The largest absolute Gasteiger partial charge is 0.361 e. The second-order valence-corrected chi connectivity index (χ2v) is 3.09. The lowest BCUT2D eigenvalue weighted by Crippen LogP contribution is -2.05. The van der Waals surface area contributed by atoms with Gasteiger partial charge in [0.15, 0.2) is 0 Å². The third kappa shape index (κ3) is 1.50. The van der Waals surface area contributed by atoms with Crippen molar-refractivity contribution >= 4 is 0 Å². The van der Waals surface area contributed by atoms with Crippen molar-refractivity contribution in [2.75, 3.05) is 0 Å². The molecule has 0 amide bonds. The topological polar surface area (TPSA) is 12.0 Å². The summed E-state index contributed by atoms with van der Waals surface area (Å²) in [4.78, 5) is 0. The second kappa shape index (κ2) is 3.44. The molecule has 0 spiro atoms. The first kappa shape index (κ1) is 7.41. The van der Waals surface area contributed by atoms with Crippen LogP contribution in [0.4, 0.5) is 0 Å². The van der Waals surface area contributed by atoms with Gasteiger partial charge < -0.3 is 5.32 Å². The Labute approximate surface area is 73.2 Å². The van der Waals surface area contributed by atoms with Crippen LogP contribution < -0.4 is 5.32 Å². The summed E-state index contributed by atoms with van der Waals surface area (Å²) in [5.41, 5.74) is 2.73. The van der Waals surface area contributed by atoms with Gasteiger partial charge in [0.05, 0.1) is 0 Å². The van der Waals surface area contributed by atoms with Crippen LogP contribution in [0.15, 0.2) is 47.9 Å². The standard InChI is InChI=1S/C11H13N/c1-2-8-11(12-9-5-1)10-6-3-4-7-10/h1-2,5-6,8-9,12H,3-4,7H2. The molecule has 0 aromatic rings. The molecule has 0 radical (unpaired) electrons. The molecule has 1 heterocycles. The second-order valence-electron chi connectivity index (χ2n) is 3.09. The molecule has 1 N–H and O–H groups in total. The number of rotatable bonds is 1. The van der Waals surface area contributed by atoms with Crippen molar-refractivity contribution in [3.05, 3.63) is 47.9 Å². The van der Waals surface area contributed by atoms with Crippen molar-refractivity contribution in [2.24, 2.45) is 0 Å². The van der Waals surface area contributed by atoms with Gasteiger partial charge in [0.1, 0.15) is 0 Å². The van der Waals surface area contributed by atoms with Gasteiger partial charge in [-0.25, -0.2) is 0 Å². The molecule has 0 bridgehead atoms. The van der Waals surface area contributed by atoms with E-state index in [9.17, 15) is 0 Å². The van der Waals surface area contributed by atoms with E-state index in [0.717, 1.165) is 0 Å². The van der Waals surface area contributed by atoms with E-state index in [2.05, 4.69) is 23.5 Å². The molecule has 2 rings (SSSR count). The Morgan fingerprint density at radius 1 is 1.17 bits per heavy atom. The van der Waals surface area contributed by atoms with Gasteiger partial charge in [-0.1, -0.05) is 18.2 Å². The van der Waals surface area contributed by atoms with E-state index in [1.807, 2.05) is 18.4 Å². The van der Waals surface area contributed by atoms with Crippen LogP contribution in [0, 0.1) is 0 Å². The van der Waals surface area contributed by atoms with E-state index in [1.165, 1.54) is 30.5 Å². The van der Waals surface area contributed by atoms with Gasteiger partial charge in [0.25, 0.3) is 0 Å². The molecule has 62 valence electrons. The van der Waals surface area contributed by atoms with Gasteiger partial charge in [-0.2, -0.15) is 0 Å². The highest BCUT2D eigenvalue weighted by Crippen LogP contribution is 2.23. The van der Waals surface area contributed by atoms with E-state index in [4.69, 9.17) is 0 Å². The highest BCUT2D eigenvalue weighted by Gasteiger charge is 2.08. The minimum atomic E-state index is 1.22. The molecule has 0 saturated heterocycles. The Kier molecular flexibility index (Phi) is 2.12. The molecule has 1 aliphatic carbocycles. The average Bonchev–Trinajstić information content (AvgIpc) is 2.48. The number of hydrogen-bond donors (Lipinski definition) is 1. The van der Waals surface area contributed by atoms with Crippen molar-refractivity contribution in [2.45, 2.75) is 19.3 Å². The average molecular weight is 159 g/mol. The summed E-state index contributed by atoms with van der Waals surface area (Å²) in [5.74, 6) is 0. The third-order valence-electron chi connectivity index (χ3n) is 2.21. The zero-order chi connectivity index (χ0) is 8.23. The Morgan fingerprint density at radius 2 is 2.17 bits per heavy atom. The summed E-state index contributed by atoms with van der Waals surface area (Å²) in [5, 5.41) is 3.27. The quantitative estimate of drug-likeness (QED) is 0.620. The zero-order valence-electron chi connectivity index (χ0n) is 7.09. The van der Waals surface area contributed by atoms with Crippen LogP contribution in [0.1, 0.15) is 19.3 Å². The van der Waals surface area contributed by atoms with Gasteiger partial charge in [0.2, 0.25) is 0 Å². The van der Waals surface area contributed by atoms with Crippen LogP contribution in [-0.4, -0.2) is 0 Å². The number of nitrogens with one attached hydrogen (secondary N) is 1. The van der Waals surface area contributed by atoms with Gasteiger partial charge in [-0.05, 0) is 37.0 Å². The summed E-state index contributed by atoms with van der Waals surface area (Å²) < 4.78 is 0. The van der Waals surface area contributed by atoms with Crippen molar-refractivity contribution < 1.29 is 0 Å². The first-order chi connectivity index (χ1) is 5.97. The Hall–Kier alpha value is -1.24. The maximum Gasteiger partial charge on any atom is 0.0409 e. The van der Waals surface area contributed by atoms with Gasteiger partial charge in [-0.3, -0.25) is 0 Å². The fourth-order valence-electron chi connectivity index (χ4n) is 1.57. The molecule has 12 heavy (non-hydrogen) atoms. The predicted octanol–water partition coefficient (Wildman–Crippen LogP) is 2.65. The van der Waals surface area contributed by atoms with Crippen LogP contribution in [0.25, 0.3) is 0 Å². The molecular weight excluding hydrogens is 146 g/mol. The first-order valence-corrected chi connectivity index (χ1v) is 4.46. The van der Waals surface area contributed by atoms with E-state index in [-0.39, 0.29) is 0 Å². The van der Waals surface area contributed by atoms with Crippen molar-refractivity contribution in [3.8, 4) is 0 Å². The van der Waals surface area contributed by atoms with Crippen LogP contribution >= 0.6 is 0 Å². The lowest BCUT2D eigenvalue weighted by Gasteiger charge is -2.06. The zero-order valence-corrected chi connectivity index (χ0v) is 7.09. The van der Waals surface area contributed by atoms with Crippen molar-refractivity contribution in [1.82, 2.24) is 5.32 Å². The molecule has 2 aliphatic rings. The minimum Gasteiger partial charge on any atom is -0.361 e. The molecule has 1 heteroatoms. The van der Waals surface area contributed by atoms with E-state index >= 15 is 0 Å². The Bertz CT molecular complexity index is 279. The molecule has 0 unspecified atom stereocenters. The number of allylic oxidation sites excluding steroid dienone is 6. The maximum absolute atomic E-state index is 3.27. The molecule has 0 fully saturated rings. The van der Waals surface area contributed by atoms with Crippen LogP contribution in [-0.2, 0) is 0 Å². The molecule has 1 aliphatic heterocycles. The Balaban J connectivity index is 2.17. The summed E-state index contributed by atoms with van der Waals surface area (Å²) >= 11 is 0. The SMILES string of the molecule is C1=CC=C(C2=CCCC2)NC=C1. The lowest BCUT2D eigenvalue weighted by atomic mass is 10.1. The molecule has 1 nitrogen and oxygen atoms in total. The van der Waals surface area contributed by atoms with Crippen molar-refractivity contribution in [1.29, 1.82) is 0 Å². The minimum absolute atomic E-state index is 1.22. The molecule has 0 saturated carbocycles. The third-order valence-corrected chi connectivity index (χ3v) is 2.21. The molecule has 0 aromatic carbocycles. The van der Waals surface area contributed by atoms with Gasteiger partial charge in [-0.15, -0.1) is 0 Å². The number of hydrogen-bond acceptors (Lipinski definition) is 1. The van der Waals surface area contributed by atoms with E-state index < -0.39 is 0 Å². The molecule has 0 atom stereocenters. The fraction of sp³-hybridized carbons (Fsp3) is 0.273. The summed E-state index contributed by atoms with van der Waals surface area (Å²) in [6.45, 7) is 0. The van der Waals surface area contributed by atoms with Gasteiger partial charge in [0, 0.05) is 11.9 Å². The smallest absolute Gasteiger partial charge is 0.0409 e. The highest BCUT2D eigenvalue weighted by atomic mass is 14.9. The van der Waals surface area contributed by atoms with Crippen LogP contribution in [0.5, 0.6) is 0 Å². The molecular formula is C11H13N. The maximum atomic E-state index is 3.27. The molecule has 0 aromatic heterocycles. The van der Waals surface area contributed by atoms with E-state index in [1.54, 1.807) is 0 Å². The van der Waals surface area contributed by atoms with Crippen LogP contribution in [0.3, 0.4) is 0 Å².